The van der Waals surface area contributed by atoms with Crippen LogP contribution in [0.3, 0.4) is 0 Å². The van der Waals surface area contributed by atoms with Crippen LogP contribution in [0.2, 0.25) is 5.02 Å². The first kappa shape index (κ1) is 14.2. The first-order chi connectivity index (χ1) is 9.08. The second kappa shape index (κ2) is 5.80. The van der Waals surface area contributed by atoms with E-state index < -0.39 is 5.54 Å². The van der Waals surface area contributed by atoms with Gasteiger partial charge >= 0.3 is 0 Å². The summed E-state index contributed by atoms with van der Waals surface area (Å²) in [6, 6.07) is 7.29. The Bertz CT molecular complexity index is 467. The number of hydrogen-bond donors (Lipinski definition) is 2. The van der Waals surface area contributed by atoms with E-state index in [1.54, 1.807) is 19.2 Å². The topological polar surface area (TPSA) is 64.3 Å². The van der Waals surface area contributed by atoms with Gasteiger partial charge in [-0.15, -0.1) is 0 Å². The summed E-state index contributed by atoms with van der Waals surface area (Å²) in [4.78, 5) is 12.0. The number of ether oxygens (including phenoxy) is 1. The number of nitrogens with one attached hydrogen (secondary N) is 1. The Hall–Kier alpha value is -1.26. The molecule has 0 bridgehead atoms. The lowest BCUT2D eigenvalue weighted by Gasteiger charge is -2.42. The van der Waals surface area contributed by atoms with E-state index in [1.165, 1.54) is 0 Å². The average Bonchev–Trinajstić information content (AvgIpc) is 2.39. The van der Waals surface area contributed by atoms with Crippen LogP contribution < -0.4 is 11.1 Å². The van der Waals surface area contributed by atoms with Crippen molar-refractivity contribution >= 4 is 23.2 Å². The van der Waals surface area contributed by atoms with E-state index in [2.05, 4.69) is 5.32 Å². The minimum atomic E-state index is -0.850. The molecule has 104 valence electrons. The molecule has 2 atom stereocenters. The highest BCUT2D eigenvalue weighted by atomic mass is 35.5. The van der Waals surface area contributed by atoms with Crippen molar-refractivity contribution in [2.24, 2.45) is 5.73 Å². The van der Waals surface area contributed by atoms with Crippen LogP contribution in [0.4, 0.5) is 5.69 Å². The van der Waals surface area contributed by atoms with Crippen LogP contribution in [0.25, 0.3) is 0 Å². The number of carbonyl (C=O) groups excluding carboxylic acids is 1. The van der Waals surface area contributed by atoms with Gasteiger partial charge in [0.25, 0.3) is 0 Å². The van der Waals surface area contributed by atoms with Crippen molar-refractivity contribution in [3.05, 3.63) is 29.3 Å². The summed E-state index contributed by atoms with van der Waals surface area (Å²) in [5, 5.41) is 3.87. The predicted molar refractivity (Wildman–Crippen MR) is 76.3 cm³/mol. The van der Waals surface area contributed by atoms with E-state index >= 15 is 0 Å². The summed E-state index contributed by atoms with van der Waals surface area (Å²) < 4.78 is 5.47. The molecule has 2 unspecified atom stereocenters. The number of primary amides is 1. The molecule has 0 aromatic heterocycles. The number of rotatable bonds is 4. The maximum Gasteiger partial charge on any atom is 0.245 e. The zero-order valence-corrected chi connectivity index (χ0v) is 11.7. The van der Waals surface area contributed by atoms with Gasteiger partial charge in [0.15, 0.2) is 0 Å². The van der Waals surface area contributed by atoms with Gasteiger partial charge in [0.05, 0.1) is 6.10 Å². The van der Waals surface area contributed by atoms with E-state index in [-0.39, 0.29) is 12.0 Å². The Kier molecular flexibility index (Phi) is 4.32. The normalized spacial score (nSPS) is 26.9. The minimum absolute atomic E-state index is 0.210. The van der Waals surface area contributed by atoms with Crippen molar-refractivity contribution in [3.8, 4) is 0 Å². The Morgan fingerprint density at radius 3 is 2.95 bits per heavy atom. The van der Waals surface area contributed by atoms with Crippen molar-refractivity contribution in [2.45, 2.75) is 37.3 Å². The quantitative estimate of drug-likeness (QED) is 0.892. The van der Waals surface area contributed by atoms with Crippen LogP contribution in [-0.2, 0) is 9.53 Å². The number of anilines is 1. The highest BCUT2D eigenvalue weighted by Gasteiger charge is 2.46. The molecule has 1 aliphatic rings. The van der Waals surface area contributed by atoms with Gasteiger partial charge in [0, 0.05) is 17.8 Å². The van der Waals surface area contributed by atoms with E-state index in [4.69, 9.17) is 22.1 Å². The summed E-state index contributed by atoms with van der Waals surface area (Å²) in [5.41, 5.74) is 5.58. The third-order valence-electron chi connectivity index (χ3n) is 3.75. The molecule has 0 saturated heterocycles. The Morgan fingerprint density at radius 2 is 2.32 bits per heavy atom. The molecule has 0 heterocycles. The van der Waals surface area contributed by atoms with E-state index in [1.807, 2.05) is 12.1 Å². The zero-order chi connectivity index (χ0) is 13.9. The Morgan fingerprint density at radius 1 is 1.53 bits per heavy atom. The lowest BCUT2D eigenvalue weighted by atomic mass is 9.78. The van der Waals surface area contributed by atoms with Crippen molar-refractivity contribution in [1.82, 2.24) is 0 Å². The number of carbonyl (C=O) groups is 1. The first-order valence-electron chi connectivity index (χ1n) is 6.45. The molecule has 2 rings (SSSR count). The number of amides is 1. The summed E-state index contributed by atoms with van der Waals surface area (Å²) in [6.45, 7) is 0. The molecule has 1 amide bonds. The van der Waals surface area contributed by atoms with Gasteiger partial charge in [-0.2, -0.15) is 0 Å². The highest BCUT2D eigenvalue weighted by Crippen LogP contribution is 2.34. The number of methoxy groups -OCH3 is 1. The van der Waals surface area contributed by atoms with E-state index in [9.17, 15) is 4.79 Å². The minimum Gasteiger partial charge on any atom is -0.378 e. The summed E-state index contributed by atoms with van der Waals surface area (Å²) >= 11 is 5.97. The lowest BCUT2D eigenvalue weighted by molar-refractivity contribution is -0.129. The van der Waals surface area contributed by atoms with Gasteiger partial charge in [0.1, 0.15) is 5.54 Å². The third-order valence-corrected chi connectivity index (χ3v) is 3.99. The van der Waals surface area contributed by atoms with Crippen LogP contribution in [0, 0.1) is 0 Å². The molecule has 4 nitrogen and oxygen atoms in total. The van der Waals surface area contributed by atoms with Gasteiger partial charge in [-0.05, 0) is 31.0 Å². The van der Waals surface area contributed by atoms with Crippen LogP contribution >= 0.6 is 11.6 Å². The van der Waals surface area contributed by atoms with Gasteiger partial charge < -0.3 is 15.8 Å². The second-order valence-electron chi connectivity index (χ2n) is 4.94. The molecule has 0 aliphatic heterocycles. The summed E-state index contributed by atoms with van der Waals surface area (Å²) in [6.07, 6.45) is 3.29. The van der Waals surface area contributed by atoms with Gasteiger partial charge in [0.2, 0.25) is 5.91 Å². The van der Waals surface area contributed by atoms with E-state index in [0.29, 0.717) is 11.4 Å². The average molecular weight is 283 g/mol. The molecule has 1 fully saturated rings. The summed E-state index contributed by atoms with van der Waals surface area (Å²) in [5.74, 6) is -0.376. The van der Waals surface area contributed by atoms with Crippen molar-refractivity contribution in [3.63, 3.8) is 0 Å². The smallest absolute Gasteiger partial charge is 0.245 e. The highest BCUT2D eigenvalue weighted by molar-refractivity contribution is 6.30. The zero-order valence-electron chi connectivity index (χ0n) is 11.0. The fraction of sp³-hybridized carbons (Fsp3) is 0.500. The molecule has 19 heavy (non-hydrogen) atoms. The fourth-order valence-electron chi connectivity index (χ4n) is 2.77. The largest absolute Gasteiger partial charge is 0.378 e. The summed E-state index contributed by atoms with van der Waals surface area (Å²) in [7, 11) is 1.62. The molecule has 0 radical (unpaired) electrons. The molecule has 3 N–H and O–H groups in total. The molecule has 1 saturated carbocycles. The molecule has 0 spiro atoms. The maximum atomic E-state index is 12.0. The molecule has 1 aromatic carbocycles. The van der Waals surface area contributed by atoms with Gasteiger partial charge in [-0.25, -0.2) is 0 Å². The molecule has 5 heteroatoms. The number of benzene rings is 1. The molecular weight excluding hydrogens is 264 g/mol. The van der Waals surface area contributed by atoms with Crippen LogP contribution in [-0.4, -0.2) is 24.7 Å². The number of hydrogen-bond acceptors (Lipinski definition) is 3. The van der Waals surface area contributed by atoms with Gasteiger partial charge in [-0.3, -0.25) is 4.79 Å². The monoisotopic (exact) mass is 282 g/mol. The van der Waals surface area contributed by atoms with Crippen LogP contribution in [0.1, 0.15) is 25.7 Å². The van der Waals surface area contributed by atoms with Crippen molar-refractivity contribution < 1.29 is 9.53 Å². The SMILES string of the molecule is COC1CCCCC1(Nc1cccc(Cl)c1)C(N)=O. The fourth-order valence-corrected chi connectivity index (χ4v) is 2.96. The second-order valence-corrected chi connectivity index (χ2v) is 5.38. The van der Waals surface area contributed by atoms with Crippen molar-refractivity contribution in [2.75, 3.05) is 12.4 Å². The Balaban J connectivity index is 2.31. The number of halogens is 1. The Labute approximate surface area is 118 Å². The van der Waals surface area contributed by atoms with Crippen LogP contribution in [0.5, 0.6) is 0 Å². The third kappa shape index (κ3) is 2.85. The molecule has 1 aliphatic carbocycles. The number of nitrogens with two attached hydrogens (primary N) is 1. The standard InChI is InChI=1S/C14H19ClN2O2/c1-19-12-7-2-3-8-14(12,13(16)18)17-11-6-4-5-10(15)9-11/h4-6,9,12,17H,2-3,7-8H2,1H3,(H2,16,18). The molecule has 1 aromatic rings. The van der Waals surface area contributed by atoms with Crippen molar-refractivity contribution in [1.29, 1.82) is 0 Å². The maximum absolute atomic E-state index is 12.0. The van der Waals surface area contributed by atoms with E-state index in [0.717, 1.165) is 24.9 Å². The van der Waals surface area contributed by atoms with Gasteiger partial charge in [-0.1, -0.05) is 30.5 Å². The predicted octanol–water partition coefficient (Wildman–Crippen LogP) is 2.56. The first-order valence-corrected chi connectivity index (χ1v) is 6.83. The van der Waals surface area contributed by atoms with Crippen LogP contribution in [0.15, 0.2) is 24.3 Å². The molecular formula is C14H19ClN2O2. The lowest BCUT2D eigenvalue weighted by Crippen LogP contribution is -2.60.